The van der Waals surface area contributed by atoms with Gasteiger partial charge in [0.1, 0.15) is 11.1 Å². The Hall–Kier alpha value is -2.14. The van der Waals surface area contributed by atoms with E-state index < -0.39 is 11.6 Å². The molecule has 0 spiro atoms. The summed E-state index contributed by atoms with van der Waals surface area (Å²) >= 11 is 0. The van der Waals surface area contributed by atoms with Gasteiger partial charge in [-0.25, -0.2) is 9.59 Å². The summed E-state index contributed by atoms with van der Waals surface area (Å²) in [4.78, 5) is 23.2. The zero-order chi connectivity index (χ0) is 13.1. The lowest BCUT2D eigenvalue weighted by atomic mass is 10.1. The molecule has 0 aliphatic heterocycles. The lowest BCUT2D eigenvalue weighted by Gasteiger charge is -2.03. The highest BCUT2D eigenvalue weighted by Crippen LogP contribution is 2.16. The molecule has 5 nitrogen and oxygen atoms in total. The first-order valence-corrected chi connectivity index (χ1v) is 5.59. The molecule has 1 aromatic carbocycles. The molecule has 2 N–H and O–H groups in total. The van der Waals surface area contributed by atoms with Gasteiger partial charge >= 0.3 is 11.6 Å². The van der Waals surface area contributed by atoms with Crippen LogP contribution >= 0.6 is 0 Å². The summed E-state index contributed by atoms with van der Waals surface area (Å²) in [6, 6.07) is 6.68. The van der Waals surface area contributed by atoms with Crippen LogP contribution in [0.3, 0.4) is 0 Å². The first kappa shape index (κ1) is 12.3. The summed E-state index contributed by atoms with van der Waals surface area (Å²) < 4.78 is 9.85. The first-order valence-electron chi connectivity index (χ1n) is 5.59. The van der Waals surface area contributed by atoms with Gasteiger partial charge in [0.25, 0.3) is 0 Å². The van der Waals surface area contributed by atoms with Crippen LogP contribution in [0.15, 0.2) is 33.5 Å². The molecule has 1 heterocycles. The summed E-state index contributed by atoms with van der Waals surface area (Å²) in [6.45, 7) is 2.26. The van der Waals surface area contributed by atoms with E-state index in [1.165, 1.54) is 6.07 Å². The quantitative estimate of drug-likeness (QED) is 0.655. The van der Waals surface area contributed by atoms with E-state index >= 15 is 0 Å². The molecule has 2 rings (SSSR count). The summed E-state index contributed by atoms with van der Waals surface area (Å²) in [5.74, 6) is -0.675. The van der Waals surface area contributed by atoms with Gasteiger partial charge in [0.15, 0.2) is 0 Å². The summed E-state index contributed by atoms with van der Waals surface area (Å²) in [5, 5.41) is 0.653. The number of carbonyl (C=O) groups excluding carboxylic acids is 1. The minimum absolute atomic E-state index is 0.0986. The van der Waals surface area contributed by atoms with Crippen LogP contribution < -0.4 is 11.4 Å². The average molecular weight is 247 g/mol. The molecule has 0 unspecified atom stereocenters. The Labute approximate surface area is 103 Å². The van der Waals surface area contributed by atoms with Crippen molar-refractivity contribution in [3.63, 3.8) is 0 Å². The summed E-state index contributed by atoms with van der Waals surface area (Å²) in [5.41, 5.74) is 6.06. The Balaban J connectivity index is 2.58. The van der Waals surface area contributed by atoms with Crippen LogP contribution in [-0.4, -0.2) is 12.6 Å². The molecule has 0 fully saturated rings. The molecule has 1 aromatic heterocycles. The molecular formula is C13H13NO4. The van der Waals surface area contributed by atoms with Gasteiger partial charge in [-0.2, -0.15) is 0 Å². The van der Waals surface area contributed by atoms with E-state index in [1.807, 2.05) is 0 Å². The lowest BCUT2D eigenvalue weighted by Crippen LogP contribution is -2.16. The van der Waals surface area contributed by atoms with E-state index in [2.05, 4.69) is 0 Å². The molecule has 5 heteroatoms. The SMILES string of the molecule is CCOC(=O)c1cc2cc(CN)ccc2oc1=O. The third-order valence-corrected chi connectivity index (χ3v) is 2.53. The number of nitrogens with two attached hydrogens (primary N) is 1. The fourth-order valence-electron chi connectivity index (χ4n) is 1.65. The highest BCUT2D eigenvalue weighted by Gasteiger charge is 2.14. The monoisotopic (exact) mass is 247 g/mol. The predicted octanol–water partition coefficient (Wildman–Crippen LogP) is 1.43. The van der Waals surface area contributed by atoms with Crippen LogP contribution in [0, 0.1) is 0 Å². The Bertz CT molecular complexity index is 645. The van der Waals surface area contributed by atoms with Gasteiger partial charge in [-0.05, 0) is 30.7 Å². The molecule has 0 saturated carbocycles. The maximum atomic E-state index is 11.6. The van der Waals surface area contributed by atoms with Gasteiger partial charge in [-0.1, -0.05) is 6.07 Å². The Kier molecular flexibility index (Phi) is 3.43. The third kappa shape index (κ3) is 2.26. The molecule has 0 atom stereocenters. The Morgan fingerprint density at radius 3 is 2.83 bits per heavy atom. The van der Waals surface area contributed by atoms with Crippen LogP contribution in [0.1, 0.15) is 22.8 Å². The number of fused-ring (bicyclic) bond motifs is 1. The Morgan fingerprint density at radius 1 is 1.39 bits per heavy atom. The van der Waals surface area contributed by atoms with Crippen LogP contribution in [0.4, 0.5) is 0 Å². The molecule has 0 bridgehead atoms. The standard InChI is InChI=1S/C13H13NO4/c1-2-17-12(15)10-6-9-5-8(7-14)3-4-11(9)18-13(10)16/h3-6H,2,7,14H2,1H3. The van der Waals surface area contributed by atoms with Crippen molar-refractivity contribution >= 4 is 16.9 Å². The van der Waals surface area contributed by atoms with E-state index in [4.69, 9.17) is 14.9 Å². The molecule has 0 aliphatic rings. The van der Waals surface area contributed by atoms with Gasteiger partial charge in [0.05, 0.1) is 6.61 Å². The van der Waals surface area contributed by atoms with E-state index in [-0.39, 0.29) is 12.2 Å². The predicted molar refractivity (Wildman–Crippen MR) is 66.3 cm³/mol. The number of esters is 1. The van der Waals surface area contributed by atoms with Crippen molar-refractivity contribution in [2.45, 2.75) is 13.5 Å². The van der Waals surface area contributed by atoms with Crippen LogP contribution in [0.25, 0.3) is 11.0 Å². The number of hydrogen-bond donors (Lipinski definition) is 1. The van der Waals surface area contributed by atoms with E-state index in [0.29, 0.717) is 17.5 Å². The molecular weight excluding hydrogens is 234 g/mol. The van der Waals surface area contributed by atoms with Gasteiger partial charge in [-0.15, -0.1) is 0 Å². The molecule has 0 amide bonds. The third-order valence-electron chi connectivity index (χ3n) is 2.53. The van der Waals surface area contributed by atoms with Gasteiger partial charge in [0, 0.05) is 11.9 Å². The number of ether oxygens (including phenoxy) is 1. The second kappa shape index (κ2) is 5.01. The zero-order valence-corrected chi connectivity index (χ0v) is 9.93. The van der Waals surface area contributed by atoms with Crippen LogP contribution in [0.2, 0.25) is 0 Å². The molecule has 94 valence electrons. The highest BCUT2D eigenvalue weighted by atomic mass is 16.5. The maximum absolute atomic E-state index is 11.6. The average Bonchev–Trinajstić information content (AvgIpc) is 2.37. The molecule has 18 heavy (non-hydrogen) atoms. The lowest BCUT2D eigenvalue weighted by molar-refractivity contribution is 0.0522. The van der Waals surface area contributed by atoms with Gasteiger partial charge in [-0.3, -0.25) is 0 Å². The minimum atomic E-state index is -0.693. The van der Waals surface area contributed by atoms with E-state index in [0.717, 1.165) is 5.56 Å². The molecule has 0 aliphatic carbocycles. The van der Waals surface area contributed by atoms with E-state index in [9.17, 15) is 9.59 Å². The molecule has 2 aromatic rings. The topological polar surface area (TPSA) is 82.5 Å². The van der Waals surface area contributed by atoms with Crippen molar-refractivity contribution in [1.29, 1.82) is 0 Å². The number of rotatable bonds is 3. The van der Waals surface area contributed by atoms with Crippen molar-refractivity contribution in [3.05, 3.63) is 45.8 Å². The van der Waals surface area contributed by atoms with Crippen LogP contribution in [0.5, 0.6) is 0 Å². The number of hydrogen-bond acceptors (Lipinski definition) is 5. The number of benzene rings is 1. The molecule has 0 saturated heterocycles. The normalized spacial score (nSPS) is 10.6. The van der Waals surface area contributed by atoms with Gasteiger partial charge < -0.3 is 14.9 Å². The van der Waals surface area contributed by atoms with Crippen molar-refractivity contribution < 1.29 is 13.9 Å². The van der Waals surface area contributed by atoms with E-state index in [1.54, 1.807) is 25.1 Å². The highest BCUT2D eigenvalue weighted by molar-refractivity contribution is 5.92. The number of carbonyl (C=O) groups is 1. The van der Waals surface area contributed by atoms with Crippen LogP contribution in [-0.2, 0) is 11.3 Å². The first-order chi connectivity index (χ1) is 8.65. The second-order valence-corrected chi connectivity index (χ2v) is 3.74. The van der Waals surface area contributed by atoms with Crippen molar-refractivity contribution in [3.8, 4) is 0 Å². The van der Waals surface area contributed by atoms with Crippen molar-refractivity contribution in [2.24, 2.45) is 5.73 Å². The minimum Gasteiger partial charge on any atom is -0.462 e. The van der Waals surface area contributed by atoms with Crippen molar-refractivity contribution in [1.82, 2.24) is 0 Å². The van der Waals surface area contributed by atoms with Gasteiger partial charge in [0.2, 0.25) is 0 Å². The molecule has 0 radical (unpaired) electrons. The zero-order valence-electron chi connectivity index (χ0n) is 9.93. The fourth-order valence-corrected chi connectivity index (χ4v) is 1.65. The largest absolute Gasteiger partial charge is 0.462 e. The summed E-state index contributed by atoms with van der Waals surface area (Å²) in [7, 11) is 0. The fraction of sp³-hybridized carbons (Fsp3) is 0.231. The summed E-state index contributed by atoms with van der Waals surface area (Å²) in [6.07, 6.45) is 0. The maximum Gasteiger partial charge on any atom is 0.351 e. The van der Waals surface area contributed by atoms with Crippen molar-refractivity contribution in [2.75, 3.05) is 6.61 Å². The Morgan fingerprint density at radius 2 is 2.17 bits per heavy atom. The smallest absolute Gasteiger partial charge is 0.351 e. The second-order valence-electron chi connectivity index (χ2n) is 3.74.